The number of benzene rings is 1. The summed E-state index contributed by atoms with van der Waals surface area (Å²) in [5.74, 6) is 0.0506. The van der Waals surface area contributed by atoms with Crippen LogP contribution in [0, 0.1) is 0 Å². The molecule has 3 aromatic rings. The van der Waals surface area contributed by atoms with Crippen LogP contribution in [0.15, 0.2) is 41.3 Å². The van der Waals surface area contributed by atoms with Gasteiger partial charge >= 0.3 is 12.2 Å². The summed E-state index contributed by atoms with van der Waals surface area (Å²) in [6, 6.07) is 7.06. The van der Waals surface area contributed by atoms with Crippen LogP contribution in [0.5, 0.6) is 0 Å². The van der Waals surface area contributed by atoms with E-state index < -0.39 is 24.3 Å². The molecule has 2 amide bonds. The summed E-state index contributed by atoms with van der Waals surface area (Å²) in [7, 11) is 0. The molecule has 2 aromatic heterocycles. The van der Waals surface area contributed by atoms with Gasteiger partial charge in [0.1, 0.15) is 12.2 Å². The molecule has 0 aliphatic carbocycles. The number of nitrogens with zero attached hydrogens (tertiary/aromatic N) is 4. The number of carbonyl (C=O) groups excluding carboxylic acids is 1. The topological polar surface area (TPSA) is 106 Å². The number of fused-ring (bicyclic) bond motifs is 1. The number of hydrogen-bond acceptors (Lipinski definition) is 5. The lowest BCUT2D eigenvalue weighted by atomic mass is 10.1. The van der Waals surface area contributed by atoms with E-state index in [1.54, 1.807) is 24.3 Å². The summed E-state index contributed by atoms with van der Waals surface area (Å²) in [6.45, 7) is -0.756. The zero-order valence-electron chi connectivity index (χ0n) is 17.0. The number of aromatic nitrogens is 3. The molecule has 0 spiro atoms. The number of alkyl halides is 3. The van der Waals surface area contributed by atoms with Crippen LogP contribution in [0.1, 0.15) is 6.42 Å². The maximum absolute atomic E-state index is 13.3. The largest absolute Gasteiger partial charge is 0.406 e. The molecule has 3 heterocycles. The summed E-state index contributed by atoms with van der Waals surface area (Å²) in [5, 5.41) is 3.48. The van der Waals surface area contributed by atoms with Crippen LogP contribution in [-0.2, 0) is 6.54 Å². The smallest absolute Gasteiger partial charge is 0.351 e. The zero-order valence-corrected chi connectivity index (χ0v) is 18.5. The standard InChI is InChI=1S/C20H18ClF3N6O2.ClH/c21-15-4-2-1-3-13(15)14-7-11-8-26-19(27-12-5-6-29(9-12)18(25)32)28-16(11)30(17(14)31)10-20(22,23)24;/h1-4,7-8,12H,5-6,9-10H2,(H2,25,32)(H,26,27,28);1H. The van der Waals surface area contributed by atoms with Crippen LogP contribution in [-0.4, -0.2) is 50.8 Å². The Morgan fingerprint density at radius 1 is 1.27 bits per heavy atom. The summed E-state index contributed by atoms with van der Waals surface area (Å²) in [6.07, 6.45) is -2.73. The minimum absolute atomic E-state index is 0. The van der Waals surface area contributed by atoms with Gasteiger partial charge in [-0.15, -0.1) is 12.4 Å². The lowest BCUT2D eigenvalue weighted by Crippen LogP contribution is -2.35. The highest BCUT2D eigenvalue weighted by Crippen LogP contribution is 2.28. The first-order valence-corrected chi connectivity index (χ1v) is 10.0. The van der Waals surface area contributed by atoms with Gasteiger partial charge in [-0.05, 0) is 18.6 Å². The van der Waals surface area contributed by atoms with Crippen molar-refractivity contribution < 1.29 is 18.0 Å². The van der Waals surface area contributed by atoms with Gasteiger partial charge in [-0.25, -0.2) is 9.78 Å². The summed E-state index contributed by atoms with van der Waals surface area (Å²) in [5.41, 5.74) is 4.58. The summed E-state index contributed by atoms with van der Waals surface area (Å²) in [4.78, 5) is 34.2. The molecule has 3 N–H and O–H groups in total. The lowest BCUT2D eigenvalue weighted by Gasteiger charge is -2.17. The Labute approximate surface area is 197 Å². The Bertz CT molecular complexity index is 1250. The van der Waals surface area contributed by atoms with Gasteiger partial charge in [-0.2, -0.15) is 18.2 Å². The number of urea groups is 1. The molecule has 0 bridgehead atoms. The van der Waals surface area contributed by atoms with E-state index in [1.165, 1.54) is 17.2 Å². The van der Waals surface area contributed by atoms with Gasteiger partial charge in [-0.3, -0.25) is 9.36 Å². The van der Waals surface area contributed by atoms with Crippen LogP contribution in [0.25, 0.3) is 22.2 Å². The highest BCUT2D eigenvalue weighted by Gasteiger charge is 2.31. The van der Waals surface area contributed by atoms with Crippen LogP contribution < -0.4 is 16.6 Å². The number of primary amides is 1. The van der Waals surface area contributed by atoms with Crippen molar-refractivity contribution in [1.82, 2.24) is 19.4 Å². The molecule has 0 radical (unpaired) electrons. The molecule has 1 aliphatic rings. The fourth-order valence-corrected chi connectivity index (χ4v) is 3.93. The zero-order chi connectivity index (χ0) is 23.0. The van der Waals surface area contributed by atoms with Gasteiger partial charge < -0.3 is 16.0 Å². The van der Waals surface area contributed by atoms with Crippen molar-refractivity contribution in [2.45, 2.75) is 25.2 Å². The number of carbonyl (C=O) groups is 1. The number of likely N-dealkylation sites (tertiary alicyclic amines) is 1. The van der Waals surface area contributed by atoms with E-state index in [9.17, 15) is 22.8 Å². The Hall–Kier alpha value is -3.05. The van der Waals surface area contributed by atoms with E-state index in [0.717, 1.165) is 0 Å². The van der Waals surface area contributed by atoms with Gasteiger partial charge in [0.05, 0.1) is 0 Å². The van der Waals surface area contributed by atoms with E-state index in [4.69, 9.17) is 17.3 Å². The quantitative estimate of drug-likeness (QED) is 0.566. The Kier molecular flexibility index (Phi) is 7.03. The molecule has 1 saturated heterocycles. The number of amides is 2. The third-order valence-corrected chi connectivity index (χ3v) is 5.49. The lowest BCUT2D eigenvalue weighted by molar-refractivity contribution is -0.140. The highest BCUT2D eigenvalue weighted by atomic mass is 35.5. The molecule has 0 saturated carbocycles. The van der Waals surface area contributed by atoms with Gasteiger partial charge in [0.2, 0.25) is 5.95 Å². The maximum Gasteiger partial charge on any atom is 0.406 e. The van der Waals surface area contributed by atoms with Gasteiger partial charge in [0.15, 0.2) is 0 Å². The molecule has 4 rings (SSSR count). The molecular weight excluding hydrogens is 484 g/mol. The van der Waals surface area contributed by atoms with Crippen LogP contribution in [0.2, 0.25) is 5.02 Å². The van der Waals surface area contributed by atoms with Crippen molar-refractivity contribution in [3.63, 3.8) is 0 Å². The average molecular weight is 503 g/mol. The molecule has 8 nitrogen and oxygen atoms in total. The number of halogens is 5. The van der Waals surface area contributed by atoms with Crippen molar-refractivity contribution in [3.05, 3.63) is 51.9 Å². The minimum Gasteiger partial charge on any atom is -0.351 e. The SMILES string of the molecule is Cl.NC(=O)N1CCC(Nc2ncc3cc(-c4ccccc4Cl)c(=O)n(CC(F)(F)F)c3n2)C1. The second kappa shape index (κ2) is 9.44. The number of rotatable bonds is 4. The normalized spacial score (nSPS) is 16.0. The minimum atomic E-state index is -4.65. The molecule has 1 aliphatic heterocycles. The van der Waals surface area contributed by atoms with Gasteiger partial charge in [0.25, 0.3) is 5.56 Å². The Balaban J connectivity index is 0.00000306. The molecule has 1 aromatic carbocycles. The van der Waals surface area contributed by atoms with Crippen molar-refractivity contribution in [1.29, 1.82) is 0 Å². The predicted molar refractivity (Wildman–Crippen MR) is 121 cm³/mol. The van der Waals surface area contributed by atoms with E-state index in [2.05, 4.69) is 15.3 Å². The molecule has 1 unspecified atom stereocenters. The van der Waals surface area contributed by atoms with Crippen LogP contribution in [0.3, 0.4) is 0 Å². The predicted octanol–water partition coefficient (Wildman–Crippen LogP) is 3.66. The number of pyridine rings is 1. The monoisotopic (exact) mass is 502 g/mol. The highest BCUT2D eigenvalue weighted by molar-refractivity contribution is 6.33. The molecule has 176 valence electrons. The average Bonchev–Trinajstić information content (AvgIpc) is 3.19. The number of anilines is 1. The molecule has 1 fully saturated rings. The second-order valence-electron chi connectivity index (χ2n) is 7.43. The van der Waals surface area contributed by atoms with Crippen LogP contribution >= 0.6 is 24.0 Å². The van der Waals surface area contributed by atoms with Gasteiger partial charge in [-0.1, -0.05) is 29.8 Å². The molecule has 33 heavy (non-hydrogen) atoms. The summed E-state index contributed by atoms with van der Waals surface area (Å²) < 4.78 is 40.5. The van der Waals surface area contributed by atoms with E-state index in [1.807, 2.05) is 0 Å². The van der Waals surface area contributed by atoms with Crippen LogP contribution in [0.4, 0.5) is 23.9 Å². The maximum atomic E-state index is 13.3. The van der Waals surface area contributed by atoms with Crippen molar-refractivity contribution >= 4 is 47.0 Å². The van der Waals surface area contributed by atoms with Crippen molar-refractivity contribution in [2.24, 2.45) is 5.73 Å². The van der Waals surface area contributed by atoms with Gasteiger partial charge in [0, 0.05) is 46.9 Å². The third-order valence-electron chi connectivity index (χ3n) is 5.16. The molecular formula is C20H19Cl2F3N6O2. The fourth-order valence-electron chi connectivity index (χ4n) is 3.69. The summed E-state index contributed by atoms with van der Waals surface area (Å²) >= 11 is 6.17. The second-order valence-corrected chi connectivity index (χ2v) is 7.84. The first-order valence-electron chi connectivity index (χ1n) is 9.65. The first kappa shape index (κ1) is 24.6. The number of hydrogen-bond donors (Lipinski definition) is 2. The third kappa shape index (κ3) is 5.31. The van der Waals surface area contributed by atoms with Crippen molar-refractivity contribution in [3.8, 4) is 11.1 Å². The van der Waals surface area contributed by atoms with Crippen molar-refractivity contribution in [2.75, 3.05) is 18.4 Å². The molecule has 13 heteroatoms. The number of nitrogens with two attached hydrogens (primary N) is 1. The Morgan fingerprint density at radius 2 is 2.00 bits per heavy atom. The fraction of sp³-hybridized carbons (Fsp3) is 0.300. The van der Waals surface area contributed by atoms with E-state index in [-0.39, 0.29) is 46.0 Å². The number of nitrogens with one attached hydrogen (secondary N) is 1. The molecule has 1 atom stereocenters. The van der Waals surface area contributed by atoms with E-state index in [0.29, 0.717) is 29.6 Å². The first-order chi connectivity index (χ1) is 15.1. The Morgan fingerprint density at radius 3 is 2.64 bits per heavy atom. The van der Waals surface area contributed by atoms with E-state index >= 15 is 0 Å².